The van der Waals surface area contributed by atoms with Crippen molar-refractivity contribution < 1.29 is 24.6 Å². The number of aryl methyl sites for hydroxylation is 1. The summed E-state index contributed by atoms with van der Waals surface area (Å²) in [6, 6.07) is 16.0. The number of nitrogens with zero attached hydrogens (tertiary/aromatic N) is 2. The second-order valence-corrected chi connectivity index (χ2v) is 9.79. The molecule has 0 saturated carbocycles. The molecule has 0 spiro atoms. The van der Waals surface area contributed by atoms with Crippen LogP contribution in [0.2, 0.25) is 0 Å². The molecule has 0 atom stereocenters. The molecule has 7 heteroatoms. The number of benzene rings is 2. The third-order valence-electron chi connectivity index (χ3n) is 7.28. The Bertz CT molecular complexity index is 1120. The Morgan fingerprint density at radius 2 is 1.69 bits per heavy atom. The summed E-state index contributed by atoms with van der Waals surface area (Å²) >= 11 is 0. The number of likely N-dealkylation sites (tertiary alicyclic amines) is 1. The summed E-state index contributed by atoms with van der Waals surface area (Å²) in [5, 5.41) is 18.8. The van der Waals surface area contributed by atoms with Crippen molar-refractivity contribution in [2.24, 2.45) is 5.92 Å². The Hall–Kier alpha value is -3.45. The molecule has 2 aromatic rings. The molecule has 190 valence electrons. The SMILES string of the molecule is O=C(O)/C=C(\C(=O)O)N1CCCCc2ccc(C(=O)CCC3CCN(Cc4ccccc4)CC3)cc21. The van der Waals surface area contributed by atoms with Crippen molar-refractivity contribution in [3.63, 3.8) is 0 Å². The third-order valence-corrected chi connectivity index (χ3v) is 7.28. The number of aliphatic carboxylic acids is 2. The molecule has 2 aromatic carbocycles. The lowest BCUT2D eigenvalue weighted by molar-refractivity contribution is -0.135. The fourth-order valence-electron chi connectivity index (χ4n) is 5.28. The van der Waals surface area contributed by atoms with E-state index in [4.69, 9.17) is 0 Å². The van der Waals surface area contributed by atoms with Crippen LogP contribution >= 0.6 is 0 Å². The lowest BCUT2D eigenvalue weighted by Crippen LogP contribution is -2.33. The van der Waals surface area contributed by atoms with Crippen LogP contribution in [-0.4, -0.2) is 52.5 Å². The standard InChI is InChI=1S/C29H34N2O5/c32-27(12-9-21-13-16-30(17-14-21)20-22-6-2-1-3-7-22)24-11-10-23-8-4-5-15-31(25(23)18-24)26(29(35)36)19-28(33)34/h1-3,6-7,10-11,18-19,21H,4-5,8-9,12-17,20H2,(H,33,34)(H,35,36)/b26-19+. The van der Waals surface area contributed by atoms with E-state index in [9.17, 15) is 24.6 Å². The Morgan fingerprint density at radius 3 is 2.39 bits per heavy atom. The number of piperidine rings is 1. The Morgan fingerprint density at radius 1 is 0.944 bits per heavy atom. The Balaban J connectivity index is 1.38. The monoisotopic (exact) mass is 490 g/mol. The molecule has 0 aromatic heterocycles. The number of fused-ring (bicyclic) bond motifs is 1. The third kappa shape index (κ3) is 6.61. The van der Waals surface area contributed by atoms with Gasteiger partial charge in [0.2, 0.25) is 0 Å². The van der Waals surface area contributed by atoms with E-state index in [0.29, 0.717) is 30.1 Å². The summed E-state index contributed by atoms with van der Waals surface area (Å²) in [6.07, 6.45) is 6.58. The van der Waals surface area contributed by atoms with Gasteiger partial charge in [-0.1, -0.05) is 42.5 Å². The summed E-state index contributed by atoms with van der Waals surface area (Å²) < 4.78 is 0. The minimum Gasteiger partial charge on any atom is -0.478 e. The molecule has 2 N–H and O–H groups in total. The molecule has 2 aliphatic rings. The number of rotatable bonds is 9. The number of Topliss-reactive ketones (excluding diaryl/α,β-unsaturated/α-hetero) is 1. The molecule has 1 saturated heterocycles. The molecule has 7 nitrogen and oxygen atoms in total. The van der Waals surface area contributed by atoms with E-state index >= 15 is 0 Å². The number of anilines is 1. The van der Waals surface area contributed by atoms with E-state index in [1.807, 2.05) is 18.2 Å². The maximum absolute atomic E-state index is 13.1. The van der Waals surface area contributed by atoms with Gasteiger partial charge in [0.15, 0.2) is 5.78 Å². The predicted octanol–water partition coefficient (Wildman–Crippen LogP) is 4.76. The van der Waals surface area contributed by atoms with Crippen LogP contribution in [0.3, 0.4) is 0 Å². The highest BCUT2D eigenvalue weighted by Gasteiger charge is 2.25. The number of hydrogen-bond donors (Lipinski definition) is 2. The lowest BCUT2D eigenvalue weighted by atomic mass is 9.90. The van der Waals surface area contributed by atoms with Crippen LogP contribution in [0.5, 0.6) is 0 Å². The van der Waals surface area contributed by atoms with Crippen molar-refractivity contribution in [3.05, 3.63) is 77.0 Å². The van der Waals surface area contributed by atoms with Crippen molar-refractivity contribution in [1.29, 1.82) is 0 Å². The van der Waals surface area contributed by atoms with Crippen molar-refractivity contribution in [3.8, 4) is 0 Å². The summed E-state index contributed by atoms with van der Waals surface area (Å²) in [6.45, 7) is 3.44. The van der Waals surface area contributed by atoms with Gasteiger partial charge in [0.1, 0.15) is 5.70 Å². The first-order valence-electron chi connectivity index (χ1n) is 12.8. The van der Waals surface area contributed by atoms with E-state index in [0.717, 1.165) is 69.8 Å². The van der Waals surface area contributed by atoms with E-state index in [1.54, 1.807) is 6.07 Å². The number of carbonyl (C=O) groups excluding carboxylic acids is 1. The zero-order chi connectivity index (χ0) is 25.5. The molecule has 0 bridgehead atoms. The van der Waals surface area contributed by atoms with Crippen LogP contribution < -0.4 is 4.90 Å². The van der Waals surface area contributed by atoms with Gasteiger partial charge in [-0.15, -0.1) is 0 Å². The number of hydrogen-bond acceptors (Lipinski definition) is 5. The average molecular weight is 491 g/mol. The number of carboxylic acids is 2. The van der Waals surface area contributed by atoms with Gasteiger partial charge in [0.25, 0.3) is 0 Å². The van der Waals surface area contributed by atoms with Crippen molar-refractivity contribution in [2.75, 3.05) is 24.5 Å². The molecule has 4 rings (SSSR count). The van der Waals surface area contributed by atoms with Gasteiger partial charge in [-0.3, -0.25) is 9.69 Å². The van der Waals surface area contributed by atoms with Crippen LogP contribution in [0.25, 0.3) is 0 Å². The topological polar surface area (TPSA) is 98.1 Å². The van der Waals surface area contributed by atoms with E-state index in [1.165, 1.54) is 10.5 Å². The lowest BCUT2D eigenvalue weighted by Gasteiger charge is -2.32. The summed E-state index contributed by atoms with van der Waals surface area (Å²) in [4.78, 5) is 40.2. The fraction of sp³-hybridized carbons (Fsp3) is 0.414. The molecule has 0 radical (unpaired) electrons. The Labute approximate surface area is 212 Å². The first kappa shape index (κ1) is 25.6. The first-order chi connectivity index (χ1) is 17.4. The maximum atomic E-state index is 13.1. The predicted molar refractivity (Wildman–Crippen MR) is 138 cm³/mol. The zero-order valence-corrected chi connectivity index (χ0v) is 20.6. The summed E-state index contributed by atoms with van der Waals surface area (Å²) in [5.74, 6) is -2.02. The molecule has 36 heavy (non-hydrogen) atoms. The van der Waals surface area contributed by atoms with Gasteiger partial charge in [-0.05, 0) is 74.7 Å². The smallest absolute Gasteiger partial charge is 0.352 e. The molecule has 0 amide bonds. The minimum atomic E-state index is -1.31. The minimum absolute atomic E-state index is 0.0489. The second kappa shape index (κ2) is 12.0. The maximum Gasteiger partial charge on any atom is 0.352 e. The highest BCUT2D eigenvalue weighted by atomic mass is 16.4. The molecule has 2 heterocycles. The van der Waals surface area contributed by atoms with E-state index in [2.05, 4.69) is 29.2 Å². The second-order valence-electron chi connectivity index (χ2n) is 9.79. The molecule has 2 aliphatic heterocycles. The van der Waals surface area contributed by atoms with Gasteiger partial charge < -0.3 is 15.1 Å². The molecule has 1 fully saturated rings. The molecule has 0 aliphatic carbocycles. The van der Waals surface area contributed by atoms with Gasteiger partial charge in [0.05, 0.1) is 6.08 Å². The highest BCUT2D eigenvalue weighted by molar-refractivity contribution is 6.00. The van der Waals surface area contributed by atoms with Crippen molar-refractivity contribution >= 4 is 23.4 Å². The first-order valence-corrected chi connectivity index (χ1v) is 12.8. The number of carbonyl (C=O) groups is 3. The number of carboxylic acid groups (broad SMARTS) is 2. The van der Waals surface area contributed by atoms with Gasteiger partial charge in [-0.25, -0.2) is 9.59 Å². The highest BCUT2D eigenvalue weighted by Crippen LogP contribution is 2.32. The molecular weight excluding hydrogens is 456 g/mol. The zero-order valence-electron chi connectivity index (χ0n) is 20.6. The molecular formula is C29H34N2O5. The summed E-state index contributed by atoms with van der Waals surface area (Å²) in [7, 11) is 0. The quantitative estimate of drug-likeness (QED) is 0.386. The normalized spacial score (nSPS) is 17.3. The number of ketones is 1. The fourth-order valence-corrected chi connectivity index (χ4v) is 5.28. The average Bonchev–Trinajstić information content (AvgIpc) is 3.09. The summed E-state index contributed by atoms with van der Waals surface area (Å²) in [5.41, 5.74) is 3.17. The van der Waals surface area contributed by atoms with E-state index < -0.39 is 11.9 Å². The van der Waals surface area contributed by atoms with Crippen molar-refractivity contribution in [1.82, 2.24) is 4.90 Å². The van der Waals surface area contributed by atoms with Crippen LogP contribution in [0.15, 0.2) is 60.3 Å². The van der Waals surface area contributed by atoms with E-state index in [-0.39, 0.29) is 11.5 Å². The van der Waals surface area contributed by atoms with Crippen LogP contribution in [0.1, 0.15) is 60.0 Å². The van der Waals surface area contributed by atoms with Crippen LogP contribution in [0, 0.1) is 5.92 Å². The van der Waals surface area contributed by atoms with Gasteiger partial charge >= 0.3 is 11.9 Å². The molecule has 0 unspecified atom stereocenters. The van der Waals surface area contributed by atoms with Crippen LogP contribution in [0.4, 0.5) is 5.69 Å². The van der Waals surface area contributed by atoms with Crippen LogP contribution in [-0.2, 0) is 22.6 Å². The largest absolute Gasteiger partial charge is 0.478 e. The van der Waals surface area contributed by atoms with Gasteiger partial charge in [-0.2, -0.15) is 0 Å². The van der Waals surface area contributed by atoms with Gasteiger partial charge in [0, 0.05) is 30.8 Å². The van der Waals surface area contributed by atoms with Crippen molar-refractivity contribution in [2.45, 2.75) is 51.5 Å². The Kier molecular flexibility index (Phi) is 8.54.